The Kier molecular flexibility index (Phi) is 3.14. The van der Waals surface area contributed by atoms with E-state index >= 15 is 0 Å². The molecule has 1 saturated carbocycles. The molecule has 2 rings (SSSR count). The smallest absolute Gasteiger partial charge is 0.0828 e. The molecule has 1 N–H and O–H groups in total. The Labute approximate surface area is 90.5 Å². The first kappa shape index (κ1) is 9.66. The van der Waals surface area contributed by atoms with Crippen LogP contribution >= 0.6 is 12.2 Å². The van der Waals surface area contributed by atoms with Gasteiger partial charge in [-0.2, -0.15) is 0 Å². The molecule has 0 spiro atoms. The number of nitrogens with one attached hydrogen (secondary N) is 1. The van der Waals surface area contributed by atoms with E-state index in [1.165, 1.54) is 25.7 Å². The minimum Gasteiger partial charge on any atom is -0.350 e. The average molecular weight is 205 g/mol. The highest BCUT2D eigenvalue weighted by Crippen LogP contribution is 2.26. The Morgan fingerprint density at radius 3 is 2.43 bits per heavy atom. The van der Waals surface area contributed by atoms with Gasteiger partial charge in [0.1, 0.15) is 0 Å². The van der Waals surface area contributed by atoms with Gasteiger partial charge in [-0.15, -0.1) is 0 Å². The third kappa shape index (κ3) is 2.32. The van der Waals surface area contributed by atoms with Crippen LogP contribution in [0.5, 0.6) is 0 Å². The van der Waals surface area contributed by atoms with Crippen molar-refractivity contribution in [2.45, 2.75) is 25.7 Å². The molecule has 0 aromatic heterocycles. The number of benzene rings is 1. The van der Waals surface area contributed by atoms with Crippen molar-refractivity contribution in [1.82, 2.24) is 0 Å². The second-order valence-electron chi connectivity index (χ2n) is 3.84. The van der Waals surface area contributed by atoms with Crippen molar-refractivity contribution in [3.63, 3.8) is 0 Å². The fourth-order valence-electron chi connectivity index (χ4n) is 1.95. The van der Waals surface area contributed by atoms with Gasteiger partial charge in [-0.3, -0.25) is 0 Å². The lowest BCUT2D eigenvalue weighted by Gasteiger charge is -2.13. The van der Waals surface area contributed by atoms with E-state index in [1.807, 2.05) is 18.2 Å². The van der Waals surface area contributed by atoms with Crippen LogP contribution in [-0.4, -0.2) is 4.99 Å². The second-order valence-corrected chi connectivity index (χ2v) is 4.28. The van der Waals surface area contributed by atoms with Crippen LogP contribution in [0.25, 0.3) is 0 Å². The SMILES string of the molecule is S=C(Nc1ccccc1)C1CCCC1. The Bertz CT molecular complexity index is 301. The predicted octanol–water partition coefficient (Wildman–Crippen LogP) is 3.62. The van der Waals surface area contributed by atoms with Crippen LogP contribution in [0.15, 0.2) is 30.3 Å². The molecule has 0 radical (unpaired) electrons. The first-order chi connectivity index (χ1) is 6.86. The minimum absolute atomic E-state index is 0.616. The summed E-state index contributed by atoms with van der Waals surface area (Å²) in [6.07, 6.45) is 5.19. The van der Waals surface area contributed by atoms with E-state index in [1.54, 1.807) is 0 Å². The first-order valence-electron chi connectivity index (χ1n) is 5.22. The molecule has 0 heterocycles. The van der Waals surface area contributed by atoms with Gasteiger partial charge in [0.2, 0.25) is 0 Å². The maximum Gasteiger partial charge on any atom is 0.0828 e. The first-order valence-corrected chi connectivity index (χ1v) is 5.63. The third-order valence-electron chi connectivity index (χ3n) is 2.77. The van der Waals surface area contributed by atoms with Crippen LogP contribution in [0.3, 0.4) is 0 Å². The van der Waals surface area contributed by atoms with Crippen LogP contribution in [0, 0.1) is 5.92 Å². The van der Waals surface area contributed by atoms with Crippen LogP contribution in [0.1, 0.15) is 25.7 Å². The van der Waals surface area contributed by atoms with Gasteiger partial charge >= 0.3 is 0 Å². The zero-order valence-corrected chi connectivity index (χ0v) is 9.02. The van der Waals surface area contributed by atoms with Crippen molar-refractivity contribution in [1.29, 1.82) is 0 Å². The van der Waals surface area contributed by atoms with Crippen LogP contribution in [0.4, 0.5) is 5.69 Å². The van der Waals surface area contributed by atoms with Gasteiger partial charge in [0.15, 0.2) is 0 Å². The fraction of sp³-hybridized carbons (Fsp3) is 0.417. The Hall–Kier alpha value is -0.890. The van der Waals surface area contributed by atoms with E-state index in [4.69, 9.17) is 12.2 Å². The summed E-state index contributed by atoms with van der Waals surface area (Å²) in [5.74, 6) is 0.616. The largest absolute Gasteiger partial charge is 0.350 e. The highest BCUT2D eigenvalue weighted by molar-refractivity contribution is 7.80. The summed E-state index contributed by atoms with van der Waals surface area (Å²) in [6, 6.07) is 10.2. The second kappa shape index (κ2) is 4.56. The van der Waals surface area contributed by atoms with Crippen LogP contribution < -0.4 is 5.32 Å². The lowest BCUT2D eigenvalue weighted by Crippen LogP contribution is -2.17. The molecule has 0 unspecified atom stereocenters. The fourth-order valence-corrected chi connectivity index (χ4v) is 2.31. The van der Waals surface area contributed by atoms with Crippen molar-refractivity contribution in [2.24, 2.45) is 5.92 Å². The van der Waals surface area contributed by atoms with Crippen molar-refractivity contribution in [3.05, 3.63) is 30.3 Å². The van der Waals surface area contributed by atoms with Gasteiger partial charge in [-0.05, 0) is 25.0 Å². The average Bonchev–Trinajstić information content (AvgIpc) is 2.72. The number of anilines is 1. The molecule has 1 aromatic carbocycles. The summed E-state index contributed by atoms with van der Waals surface area (Å²) >= 11 is 5.38. The van der Waals surface area contributed by atoms with Crippen molar-refractivity contribution >= 4 is 22.9 Å². The van der Waals surface area contributed by atoms with Gasteiger partial charge in [-0.1, -0.05) is 43.3 Å². The molecule has 74 valence electrons. The summed E-state index contributed by atoms with van der Waals surface area (Å²) in [5.41, 5.74) is 1.12. The zero-order valence-electron chi connectivity index (χ0n) is 8.20. The van der Waals surface area contributed by atoms with E-state index in [0.29, 0.717) is 5.92 Å². The Morgan fingerprint density at radius 2 is 1.79 bits per heavy atom. The molecular formula is C12H15NS. The standard InChI is InChI=1S/C12H15NS/c14-12(10-6-4-5-7-10)13-11-8-2-1-3-9-11/h1-3,8-10H,4-7H2,(H,13,14). The summed E-state index contributed by atoms with van der Waals surface area (Å²) in [6.45, 7) is 0. The van der Waals surface area contributed by atoms with Crippen LogP contribution in [-0.2, 0) is 0 Å². The van der Waals surface area contributed by atoms with Crippen molar-refractivity contribution in [2.75, 3.05) is 5.32 Å². The quantitative estimate of drug-likeness (QED) is 0.740. The molecule has 0 amide bonds. The maximum atomic E-state index is 5.38. The molecule has 14 heavy (non-hydrogen) atoms. The molecule has 1 aliphatic rings. The van der Waals surface area contributed by atoms with Crippen LogP contribution in [0.2, 0.25) is 0 Å². The summed E-state index contributed by atoms with van der Waals surface area (Å²) in [4.78, 5) is 1.02. The predicted molar refractivity (Wildman–Crippen MR) is 64.6 cm³/mol. The number of hydrogen-bond donors (Lipinski definition) is 1. The Balaban J connectivity index is 1.94. The lowest BCUT2D eigenvalue weighted by molar-refractivity contribution is 0.738. The third-order valence-corrected chi connectivity index (χ3v) is 3.20. The highest BCUT2D eigenvalue weighted by atomic mass is 32.1. The number of hydrogen-bond acceptors (Lipinski definition) is 1. The topological polar surface area (TPSA) is 12.0 Å². The normalized spacial score (nSPS) is 16.9. The van der Waals surface area contributed by atoms with E-state index in [2.05, 4.69) is 17.4 Å². The number of rotatable bonds is 2. The highest BCUT2D eigenvalue weighted by Gasteiger charge is 2.19. The van der Waals surface area contributed by atoms with Gasteiger partial charge in [-0.25, -0.2) is 0 Å². The zero-order chi connectivity index (χ0) is 9.80. The number of para-hydroxylation sites is 1. The summed E-state index contributed by atoms with van der Waals surface area (Å²) < 4.78 is 0. The molecule has 1 aliphatic carbocycles. The molecule has 0 bridgehead atoms. The van der Waals surface area contributed by atoms with Gasteiger partial charge in [0, 0.05) is 11.6 Å². The molecule has 0 atom stereocenters. The van der Waals surface area contributed by atoms with Gasteiger partial charge in [0.05, 0.1) is 4.99 Å². The van der Waals surface area contributed by atoms with Gasteiger partial charge < -0.3 is 5.32 Å². The molecule has 1 fully saturated rings. The number of thiocarbonyl (C=S) groups is 1. The minimum atomic E-state index is 0.616. The maximum absolute atomic E-state index is 5.38. The molecule has 1 nitrogen and oxygen atoms in total. The molecule has 0 aliphatic heterocycles. The summed E-state index contributed by atoms with van der Waals surface area (Å²) in [7, 11) is 0. The van der Waals surface area contributed by atoms with Gasteiger partial charge in [0.25, 0.3) is 0 Å². The molecule has 0 saturated heterocycles. The molecule has 1 aromatic rings. The Morgan fingerprint density at radius 1 is 1.14 bits per heavy atom. The lowest BCUT2D eigenvalue weighted by atomic mass is 10.1. The van der Waals surface area contributed by atoms with E-state index in [9.17, 15) is 0 Å². The van der Waals surface area contributed by atoms with Crippen molar-refractivity contribution in [3.8, 4) is 0 Å². The van der Waals surface area contributed by atoms with E-state index in [0.717, 1.165) is 10.7 Å². The van der Waals surface area contributed by atoms with Crippen molar-refractivity contribution < 1.29 is 0 Å². The summed E-state index contributed by atoms with van der Waals surface area (Å²) in [5, 5.41) is 3.32. The molecule has 2 heteroatoms. The monoisotopic (exact) mass is 205 g/mol. The van der Waals surface area contributed by atoms with E-state index in [-0.39, 0.29) is 0 Å². The van der Waals surface area contributed by atoms with E-state index < -0.39 is 0 Å². The molecular weight excluding hydrogens is 190 g/mol.